The summed E-state index contributed by atoms with van der Waals surface area (Å²) in [7, 11) is 0. The number of hydrogen-bond donors (Lipinski definition) is 2. The molecule has 0 spiro atoms. The minimum Gasteiger partial charge on any atom is -0.315 e. The van der Waals surface area contributed by atoms with Crippen LogP contribution in [0.15, 0.2) is 10.2 Å². The maximum atomic E-state index is 11.0. The normalized spacial score (nSPS) is 33.1. The molecular weight excluding hydrogens is 222 g/mol. The smallest absolute Gasteiger partial charge is 0.304 e. The van der Waals surface area contributed by atoms with Crippen molar-refractivity contribution < 1.29 is 0 Å². The highest BCUT2D eigenvalue weighted by atomic mass is 32.1. The molecule has 88 valence electrons. The summed E-state index contributed by atoms with van der Waals surface area (Å²) in [5.74, 6) is 0.819. The van der Waals surface area contributed by atoms with Gasteiger partial charge in [0.2, 0.25) is 0 Å². The molecule has 2 N–H and O–H groups in total. The van der Waals surface area contributed by atoms with E-state index in [2.05, 4.69) is 15.2 Å². The number of hydrogen-bond acceptors (Lipinski definition) is 4. The number of nitrogens with zero attached hydrogens (tertiary/aromatic N) is 1. The molecule has 0 amide bonds. The first-order valence-electron chi connectivity index (χ1n) is 5.94. The van der Waals surface area contributed by atoms with Crippen LogP contribution >= 0.6 is 11.3 Å². The third kappa shape index (κ3) is 2.07. The number of fused-ring (bicyclic) bond motifs is 2. The molecule has 1 aromatic rings. The van der Waals surface area contributed by atoms with Crippen molar-refractivity contribution in [3.05, 3.63) is 20.7 Å². The van der Waals surface area contributed by atoms with E-state index in [4.69, 9.17) is 0 Å². The number of aromatic nitrogens is 1. The number of H-pyrrole nitrogens is 1. The van der Waals surface area contributed by atoms with Crippen LogP contribution in [0, 0.1) is 5.92 Å². The van der Waals surface area contributed by atoms with E-state index < -0.39 is 0 Å². The molecule has 3 unspecified atom stereocenters. The van der Waals surface area contributed by atoms with E-state index in [0.717, 1.165) is 18.2 Å². The summed E-state index contributed by atoms with van der Waals surface area (Å²) in [6.07, 6.45) is 2.58. The highest BCUT2D eigenvalue weighted by Gasteiger charge is 2.33. The topological polar surface area (TPSA) is 48.1 Å². The van der Waals surface area contributed by atoms with Gasteiger partial charge in [-0.25, -0.2) is 0 Å². The Morgan fingerprint density at radius 1 is 1.50 bits per heavy atom. The molecule has 0 aromatic carbocycles. The predicted octanol–water partition coefficient (Wildman–Crippen LogP) is 0.620. The molecule has 1 aromatic heterocycles. The van der Waals surface area contributed by atoms with Crippen molar-refractivity contribution in [1.29, 1.82) is 0 Å². The average molecular weight is 239 g/mol. The molecule has 2 aliphatic rings. The molecule has 0 saturated carbocycles. The molecule has 2 aliphatic heterocycles. The lowest BCUT2D eigenvalue weighted by atomic mass is 9.94. The zero-order valence-electron chi connectivity index (χ0n) is 9.24. The van der Waals surface area contributed by atoms with E-state index >= 15 is 0 Å². The maximum Gasteiger partial charge on any atom is 0.304 e. The summed E-state index contributed by atoms with van der Waals surface area (Å²) in [6.45, 7) is 4.57. The average Bonchev–Trinajstić information content (AvgIpc) is 2.86. The number of aromatic amines is 1. The first-order valence-corrected chi connectivity index (χ1v) is 6.81. The van der Waals surface area contributed by atoms with E-state index in [0.29, 0.717) is 6.04 Å². The Morgan fingerprint density at radius 3 is 3.19 bits per heavy atom. The second kappa shape index (κ2) is 4.31. The van der Waals surface area contributed by atoms with Crippen molar-refractivity contribution in [2.24, 2.45) is 5.92 Å². The minimum absolute atomic E-state index is 0.0486. The van der Waals surface area contributed by atoms with Crippen LogP contribution in [0.25, 0.3) is 0 Å². The van der Waals surface area contributed by atoms with Crippen LogP contribution in [0.2, 0.25) is 0 Å². The van der Waals surface area contributed by atoms with Crippen molar-refractivity contribution in [3.63, 3.8) is 0 Å². The Morgan fingerprint density at radius 2 is 2.38 bits per heavy atom. The van der Waals surface area contributed by atoms with Crippen LogP contribution in [-0.2, 0) is 6.54 Å². The lowest BCUT2D eigenvalue weighted by Crippen LogP contribution is -2.43. The first-order chi connectivity index (χ1) is 7.81. The van der Waals surface area contributed by atoms with Gasteiger partial charge in [0, 0.05) is 30.2 Å². The van der Waals surface area contributed by atoms with Crippen molar-refractivity contribution >= 4 is 11.3 Å². The number of rotatable bonds is 3. The zero-order valence-corrected chi connectivity index (χ0v) is 10.1. The Hall–Kier alpha value is -0.650. The minimum atomic E-state index is 0.0486. The van der Waals surface area contributed by atoms with Crippen molar-refractivity contribution in [2.45, 2.75) is 25.4 Å². The van der Waals surface area contributed by atoms with E-state index in [-0.39, 0.29) is 4.87 Å². The highest BCUT2D eigenvalue weighted by Crippen LogP contribution is 2.27. The molecule has 0 aliphatic carbocycles. The van der Waals surface area contributed by atoms with Crippen LogP contribution in [0.4, 0.5) is 0 Å². The van der Waals surface area contributed by atoms with Crippen molar-refractivity contribution in [1.82, 2.24) is 15.2 Å². The van der Waals surface area contributed by atoms with Crippen LogP contribution in [-0.4, -0.2) is 35.6 Å². The summed E-state index contributed by atoms with van der Waals surface area (Å²) in [4.78, 5) is 16.4. The molecule has 3 atom stereocenters. The SMILES string of the molecule is O=c1[nH]c(CNC2CCN3CCC2C3)cs1. The summed E-state index contributed by atoms with van der Waals surface area (Å²) in [6, 6.07) is 0.641. The molecule has 2 fully saturated rings. The molecule has 3 heterocycles. The standard InChI is InChI=1S/C11H17N3OS/c15-11-13-9(7-16-11)5-12-10-2-4-14-3-1-8(10)6-14/h7-8,10,12H,1-6H2,(H,13,15). The van der Waals surface area contributed by atoms with Gasteiger partial charge < -0.3 is 15.2 Å². The van der Waals surface area contributed by atoms with Gasteiger partial charge in [-0.1, -0.05) is 11.3 Å². The third-order valence-electron chi connectivity index (χ3n) is 3.76. The van der Waals surface area contributed by atoms with Crippen LogP contribution in [0.5, 0.6) is 0 Å². The van der Waals surface area contributed by atoms with Gasteiger partial charge in [-0.15, -0.1) is 0 Å². The van der Waals surface area contributed by atoms with Crippen LogP contribution in [0.1, 0.15) is 18.5 Å². The Kier molecular flexibility index (Phi) is 2.83. The van der Waals surface area contributed by atoms with Gasteiger partial charge in [0.25, 0.3) is 0 Å². The Labute approximate surface area is 98.7 Å². The fourth-order valence-corrected chi connectivity index (χ4v) is 3.44. The predicted molar refractivity (Wildman–Crippen MR) is 64.7 cm³/mol. The maximum absolute atomic E-state index is 11.0. The lowest BCUT2D eigenvalue weighted by molar-refractivity contribution is 0.220. The fraction of sp³-hybridized carbons (Fsp3) is 0.727. The second-order valence-corrected chi connectivity index (χ2v) is 5.64. The Balaban J connectivity index is 1.57. The first kappa shape index (κ1) is 10.5. The van der Waals surface area contributed by atoms with Gasteiger partial charge in [-0.3, -0.25) is 4.79 Å². The van der Waals surface area contributed by atoms with Crippen LogP contribution < -0.4 is 10.2 Å². The van der Waals surface area contributed by atoms with Crippen molar-refractivity contribution in [3.8, 4) is 0 Å². The molecule has 16 heavy (non-hydrogen) atoms. The van der Waals surface area contributed by atoms with E-state index in [1.54, 1.807) is 0 Å². The molecule has 0 radical (unpaired) electrons. The van der Waals surface area contributed by atoms with Gasteiger partial charge >= 0.3 is 4.87 Å². The number of thiazole rings is 1. The number of nitrogens with one attached hydrogen (secondary N) is 2. The molecular formula is C11H17N3OS. The number of piperidine rings is 1. The van der Waals surface area contributed by atoms with Crippen molar-refractivity contribution in [2.75, 3.05) is 19.6 Å². The quantitative estimate of drug-likeness (QED) is 0.813. The highest BCUT2D eigenvalue weighted by molar-refractivity contribution is 7.07. The van der Waals surface area contributed by atoms with Gasteiger partial charge in [0.15, 0.2) is 0 Å². The molecule has 2 bridgehead atoms. The van der Waals surface area contributed by atoms with Gasteiger partial charge in [-0.05, 0) is 31.8 Å². The Bertz CT molecular complexity index is 413. The summed E-state index contributed by atoms with van der Waals surface area (Å²) in [5, 5.41) is 5.50. The van der Waals surface area contributed by atoms with Gasteiger partial charge in [-0.2, -0.15) is 0 Å². The zero-order chi connectivity index (χ0) is 11.0. The van der Waals surface area contributed by atoms with Gasteiger partial charge in [0.1, 0.15) is 0 Å². The molecule has 3 rings (SSSR count). The molecule has 2 saturated heterocycles. The van der Waals surface area contributed by atoms with E-state index in [1.165, 1.54) is 43.8 Å². The van der Waals surface area contributed by atoms with E-state index in [9.17, 15) is 4.79 Å². The van der Waals surface area contributed by atoms with Crippen LogP contribution in [0.3, 0.4) is 0 Å². The summed E-state index contributed by atoms with van der Waals surface area (Å²) >= 11 is 1.25. The second-order valence-electron chi connectivity index (χ2n) is 4.80. The van der Waals surface area contributed by atoms with Gasteiger partial charge in [0.05, 0.1) is 0 Å². The largest absolute Gasteiger partial charge is 0.315 e. The lowest BCUT2D eigenvalue weighted by Gasteiger charge is -2.30. The monoisotopic (exact) mass is 239 g/mol. The summed E-state index contributed by atoms with van der Waals surface area (Å²) < 4.78 is 0. The van der Waals surface area contributed by atoms with E-state index in [1.807, 2.05) is 5.38 Å². The molecule has 5 heteroatoms. The summed E-state index contributed by atoms with van der Waals surface area (Å²) in [5.41, 5.74) is 1.02. The molecule has 4 nitrogen and oxygen atoms in total. The third-order valence-corrected chi connectivity index (χ3v) is 4.48. The fourth-order valence-electron chi connectivity index (χ4n) is 2.86.